The van der Waals surface area contributed by atoms with Crippen LogP contribution in [0.1, 0.15) is 37.2 Å². The monoisotopic (exact) mass is 293 g/mol. The minimum atomic E-state index is -0.0361. The van der Waals surface area contributed by atoms with Gasteiger partial charge in [0, 0.05) is 26.2 Å². The predicted octanol–water partition coefficient (Wildman–Crippen LogP) is 1.71. The number of hydrogen-bond acceptors (Lipinski definition) is 5. The summed E-state index contributed by atoms with van der Waals surface area (Å²) >= 11 is 0. The maximum atomic E-state index is 12.3. The summed E-state index contributed by atoms with van der Waals surface area (Å²) < 4.78 is 0. The average molecular weight is 293 g/mol. The van der Waals surface area contributed by atoms with Gasteiger partial charge in [0.25, 0.3) is 5.91 Å². The van der Waals surface area contributed by atoms with Crippen LogP contribution in [0.2, 0.25) is 0 Å². The van der Waals surface area contributed by atoms with Gasteiger partial charge in [0.1, 0.15) is 11.5 Å². The van der Waals surface area contributed by atoms with E-state index in [0.717, 1.165) is 39.0 Å². The highest BCUT2D eigenvalue weighted by atomic mass is 16.2. The van der Waals surface area contributed by atoms with E-state index in [0.29, 0.717) is 11.5 Å². The molecular weight excluding hydrogens is 266 g/mol. The molecule has 1 heterocycles. The number of aromatic nitrogens is 2. The van der Waals surface area contributed by atoms with E-state index in [1.54, 1.807) is 12.4 Å². The second-order valence-electron chi connectivity index (χ2n) is 5.31. The van der Waals surface area contributed by atoms with Gasteiger partial charge in [-0.1, -0.05) is 13.8 Å². The molecule has 0 aliphatic rings. The molecule has 0 bridgehead atoms. The molecule has 0 aliphatic heterocycles. The van der Waals surface area contributed by atoms with Crippen LogP contribution in [0.4, 0.5) is 5.82 Å². The summed E-state index contributed by atoms with van der Waals surface area (Å²) in [6.07, 6.45) is 5.07. The molecule has 0 fully saturated rings. The first-order valence-corrected chi connectivity index (χ1v) is 7.58. The van der Waals surface area contributed by atoms with Crippen molar-refractivity contribution in [3.63, 3.8) is 0 Å². The normalized spacial score (nSPS) is 10.7. The van der Waals surface area contributed by atoms with Crippen molar-refractivity contribution in [3.8, 4) is 0 Å². The Bertz CT molecular complexity index is 413. The molecule has 0 saturated heterocycles. The molecule has 0 aliphatic carbocycles. The van der Waals surface area contributed by atoms with Gasteiger partial charge in [-0.25, -0.2) is 9.97 Å². The topological polar surface area (TPSA) is 61.4 Å². The Kier molecular flexibility index (Phi) is 7.68. The van der Waals surface area contributed by atoms with Gasteiger partial charge in [0.15, 0.2) is 0 Å². The highest BCUT2D eigenvalue weighted by Crippen LogP contribution is 2.06. The molecule has 6 nitrogen and oxygen atoms in total. The van der Waals surface area contributed by atoms with Crippen LogP contribution in [0.5, 0.6) is 0 Å². The number of carbonyl (C=O) groups excluding carboxylic acids is 1. The van der Waals surface area contributed by atoms with E-state index in [-0.39, 0.29) is 5.91 Å². The van der Waals surface area contributed by atoms with Crippen molar-refractivity contribution in [2.75, 3.05) is 45.6 Å². The lowest BCUT2D eigenvalue weighted by Gasteiger charge is -2.20. The smallest absolute Gasteiger partial charge is 0.274 e. The van der Waals surface area contributed by atoms with Crippen LogP contribution < -0.4 is 5.32 Å². The number of carbonyl (C=O) groups is 1. The number of hydrogen-bond donors (Lipinski definition) is 1. The Balaban J connectivity index is 2.61. The van der Waals surface area contributed by atoms with Crippen molar-refractivity contribution in [2.45, 2.75) is 26.7 Å². The van der Waals surface area contributed by atoms with Crippen LogP contribution in [-0.2, 0) is 0 Å². The largest absolute Gasteiger partial charge is 0.368 e. The molecule has 0 unspecified atom stereocenters. The number of rotatable bonds is 9. The van der Waals surface area contributed by atoms with Gasteiger partial charge in [-0.3, -0.25) is 4.79 Å². The minimum absolute atomic E-state index is 0.0361. The van der Waals surface area contributed by atoms with Crippen LogP contribution in [-0.4, -0.2) is 65.9 Å². The highest BCUT2D eigenvalue weighted by molar-refractivity contribution is 5.92. The number of amides is 1. The number of likely N-dealkylation sites (N-methyl/N-ethyl adjacent to an activating group) is 1. The van der Waals surface area contributed by atoms with Gasteiger partial charge in [-0.15, -0.1) is 0 Å². The van der Waals surface area contributed by atoms with Gasteiger partial charge in [-0.05, 0) is 26.9 Å². The van der Waals surface area contributed by atoms with E-state index >= 15 is 0 Å². The SMILES string of the molecule is CCCN(CCC)C(=O)c1cnc(NCCN(C)C)cn1. The second kappa shape index (κ2) is 9.28. The summed E-state index contributed by atoms with van der Waals surface area (Å²) in [5.41, 5.74) is 0.412. The summed E-state index contributed by atoms with van der Waals surface area (Å²) in [4.78, 5) is 24.8. The molecular formula is C15H27N5O. The zero-order valence-corrected chi connectivity index (χ0v) is 13.6. The molecule has 1 aromatic rings. The molecule has 0 spiro atoms. The third-order valence-corrected chi connectivity index (χ3v) is 3.01. The summed E-state index contributed by atoms with van der Waals surface area (Å²) in [5, 5.41) is 3.18. The molecule has 1 N–H and O–H groups in total. The molecule has 1 amide bonds. The molecule has 118 valence electrons. The lowest BCUT2D eigenvalue weighted by molar-refractivity contribution is 0.0749. The van der Waals surface area contributed by atoms with E-state index < -0.39 is 0 Å². The lowest BCUT2D eigenvalue weighted by Crippen LogP contribution is -2.33. The first-order chi connectivity index (χ1) is 10.1. The van der Waals surface area contributed by atoms with Crippen LogP contribution in [0, 0.1) is 0 Å². The zero-order valence-electron chi connectivity index (χ0n) is 13.6. The Labute approximate surface area is 127 Å². The van der Waals surface area contributed by atoms with Gasteiger partial charge in [0.2, 0.25) is 0 Å². The number of nitrogens with one attached hydrogen (secondary N) is 1. The fourth-order valence-electron chi connectivity index (χ4n) is 1.95. The third kappa shape index (κ3) is 6.08. The van der Waals surface area contributed by atoms with Gasteiger partial charge >= 0.3 is 0 Å². The Hall–Kier alpha value is -1.69. The fourth-order valence-corrected chi connectivity index (χ4v) is 1.95. The second-order valence-corrected chi connectivity index (χ2v) is 5.31. The third-order valence-electron chi connectivity index (χ3n) is 3.01. The summed E-state index contributed by atoms with van der Waals surface area (Å²) in [6.45, 7) is 7.38. The van der Waals surface area contributed by atoms with Gasteiger partial charge < -0.3 is 15.1 Å². The fraction of sp³-hybridized carbons (Fsp3) is 0.667. The number of nitrogens with zero attached hydrogens (tertiary/aromatic N) is 4. The molecule has 21 heavy (non-hydrogen) atoms. The first kappa shape index (κ1) is 17.4. The zero-order chi connectivity index (χ0) is 15.7. The van der Waals surface area contributed by atoms with Crippen LogP contribution >= 0.6 is 0 Å². The van der Waals surface area contributed by atoms with Gasteiger partial charge in [-0.2, -0.15) is 0 Å². The van der Waals surface area contributed by atoms with Crippen molar-refractivity contribution in [3.05, 3.63) is 18.1 Å². The molecule has 6 heteroatoms. The molecule has 0 aromatic carbocycles. The van der Waals surface area contributed by atoms with Crippen molar-refractivity contribution < 1.29 is 4.79 Å². The van der Waals surface area contributed by atoms with Crippen LogP contribution in [0.3, 0.4) is 0 Å². The van der Waals surface area contributed by atoms with E-state index in [1.165, 1.54) is 0 Å². The average Bonchev–Trinajstić information content (AvgIpc) is 2.47. The van der Waals surface area contributed by atoms with Crippen molar-refractivity contribution in [1.82, 2.24) is 19.8 Å². The maximum absolute atomic E-state index is 12.3. The van der Waals surface area contributed by atoms with Gasteiger partial charge in [0.05, 0.1) is 12.4 Å². The molecule has 1 rings (SSSR count). The molecule has 0 atom stereocenters. The van der Waals surface area contributed by atoms with E-state index in [4.69, 9.17) is 0 Å². The molecule has 1 aromatic heterocycles. The molecule has 0 saturated carbocycles. The van der Waals surface area contributed by atoms with Crippen molar-refractivity contribution in [2.24, 2.45) is 0 Å². The number of anilines is 1. The summed E-state index contributed by atoms with van der Waals surface area (Å²) in [5.74, 6) is 0.664. The summed E-state index contributed by atoms with van der Waals surface area (Å²) in [6, 6.07) is 0. The minimum Gasteiger partial charge on any atom is -0.368 e. The van der Waals surface area contributed by atoms with E-state index in [9.17, 15) is 4.79 Å². The Morgan fingerprint density at radius 3 is 2.24 bits per heavy atom. The Morgan fingerprint density at radius 2 is 1.76 bits per heavy atom. The van der Waals surface area contributed by atoms with Crippen molar-refractivity contribution in [1.29, 1.82) is 0 Å². The van der Waals surface area contributed by atoms with Crippen molar-refractivity contribution >= 4 is 11.7 Å². The standard InChI is InChI=1S/C15H27N5O/c1-5-8-20(9-6-2)15(21)13-11-18-14(12-17-13)16-7-10-19(3)4/h11-12H,5-10H2,1-4H3,(H,16,18). The molecule has 0 radical (unpaired) electrons. The van der Waals surface area contributed by atoms with E-state index in [1.807, 2.05) is 19.0 Å². The Morgan fingerprint density at radius 1 is 1.10 bits per heavy atom. The lowest BCUT2D eigenvalue weighted by atomic mass is 10.3. The quantitative estimate of drug-likeness (QED) is 0.751. The maximum Gasteiger partial charge on any atom is 0.274 e. The van der Waals surface area contributed by atoms with Crippen LogP contribution in [0.15, 0.2) is 12.4 Å². The first-order valence-electron chi connectivity index (χ1n) is 7.58. The predicted molar refractivity (Wildman–Crippen MR) is 85.6 cm³/mol. The summed E-state index contributed by atoms with van der Waals surface area (Å²) in [7, 11) is 4.04. The van der Waals surface area contributed by atoms with Crippen LogP contribution in [0.25, 0.3) is 0 Å². The highest BCUT2D eigenvalue weighted by Gasteiger charge is 2.15. The van der Waals surface area contributed by atoms with E-state index in [2.05, 4.69) is 34.0 Å².